The van der Waals surface area contributed by atoms with Crippen LogP contribution in [0.4, 0.5) is 13.2 Å². The van der Waals surface area contributed by atoms with Crippen LogP contribution in [0.3, 0.4) is 0 Å². The lowest BCUT2D eigenvalue weighted by Crippen LogP contribution is -2.36. The average molecular weight is 394 g/mol. The van der Waals surface area contributed by atoms with Gasteiger partial charge < -0.3 is 10.2 Å². The fourth-order valence-corrected chi connectivity index (χ4v) is 4.16. The third-order valence-corrected chi connectivity index (χ3v) is 5.75. The van der Waals surface area contributed by atoms with Gasteiger partial charge in [0.1, 0.15) is 0 Å². The van der Waals surface area contributed by atoms with E-state index in [1.54, 1.807) is 6.07 Å². The van der Waals surface area contributed by atoms with E-state index < -0.39 is 11.7 Å². The maximum atomic E-state index is 12.8. The second-order valence-electron chi connectivity index (χ2n) is 7.80. The Labute approximate surface area is 165 Å². The van der Waals surface area contributed by atoms with Gasteiger partial charge in [0, 0.05) is 25.6 Å². The van der Waals surface area contributed by atoms with Crippen LogP contribution < -0.4 is 5.32 Å². The van der Waals surface area contributed by atoms with Crippen LogP contribution in [0.15, 0.2) is 35.9 Å². The van der Waals surface area contributed by atoms with Gasteiger partial charge in [0.2, 0.25) is 5.91 Å². The third-order valence-electron chi connectivity index (χ3n) is 5.75. The first kappa shape index (κ1) is 20.9. The van der Waals surface area contributed by atoms with Crippen LogP contribution in [-0.2, 0) is 17.5 Å². The van der Waals surface area contributed by atoms with Crippen molar-refractivity contribution in [2.24, 2.45) is 0 Å². The Morgan fingerprint density at radius 1 is 1.18 bits per heavy atom. The summed E-state index contributed by atoms with van der Waals surface area (Å²) < 4.78 is 38.4. The first-order valence-corrected chi connectivity index (χ1v) is 10.3. The summed E-state index contributed by atoms with van der Waals surface area (Å²) in [6.07, 6.45) is 6.15. The Kier molecular flexibility index (Phi) is 7.16. The van der Waals surface area contributed by atoms with Crippen molar-refractivity contribution >= 4 is 5.91 Å². The normalized spacial score (nSPS) is 20.5. The zero-order valence-corrected chi connectivity index (χ0v) is 16.2. The predicted octanol–water partition coefficient (Wildman–Crippen LogP) is 5.07. The maximum absolute atomic E-state index is 12.8. The van der Waals surface area contributed by atoms with Gasteiger partial charge in [-0.2, -0.15) is 13.2 Å². The Balaban J connectivity index is 1.43. The van der Waals surface area contributed by atoms with Gasteiger partial charge in [-0.25, -0.2) is 0 Å². The molecule has 1 N–H and O–H groups in total. The molecule has 3 nitrogen and oxygen atoms in total. The number of hydrogen-bond donors (Lipinski definition) is 1. The van der Waals surface area contributed by atoms with Crippen molar-refractivity contribution in [3.8, 4) is 0 Å². The SMILES string of the molecule is O=C1CCC(CCNCc2cccc(C(F)(F)F)c2)N1CCC1=CCCCC1. The van der Waals surface area contributed by atoms with Gasteiger partial charge in [-0.3, -0.25) is 4.79 Å². The number of carbonyl (C=O) groups is 1. The van der Waals surface area contributed by atoms with Crippen molar-refractivity contribution in [2.75, 3.05) is 13.1 Å². The van der Waals surface area contributed by atoms with Crippen LogP contribution in [0.25, 0.3) is 0 Å². The number of benzene rings is 1. The summed E-state index contributed by atoms with van der Waals surface area (Å²) in [7, 11) is 0. The molecule has 2 aliphatic rings. The molecular weight excluding hydrogens is 365 g/mol. The summed E-state index contributed by atoms with van der Waals surface area (Å²) in [4.78, 5) is 14.2. The molecule has 1 amide bonds. The number of alkyl halides is 3. The molecular formula is C22H29F3N2O. The number of carbonyl (C=O) groups excluding carboxylic acids is 1. The monoisotopic (exact) mass is 394 g/mol. The highest BCUT2D eigenvalue weighted by molar-refractivity contribution is 5.78. The lowest BCUT2D eigenvalue weighted by Gasteiger charge is -2.26. The fraction of sp³-hybridized carbons (Fsp3) is 0.591. The molecule has 3 rings (SSSR count). The molecule has 1 aromatic carbocycles. The summed E-state index contributed by atoms with van der Waals surface area (Å²) in [5, 5.41) is 3.23. The average Bonchev–Trinajstić information content (AvgIpc) is 3.03. The van der Waals surface area contributed by atoms with E-state index in [4.69, 9.17) is 0 Å². The lowest BCUT2D eigenvalue weighted by molar-refractivity contribution is -0.137. The first-order chi connectivity index (χ1) is 13.4. The van der Waals surface area contributed by atoms with E-state index in [1.807, 2.05) is 4.90 Å². The van der Waals surface area contributed by atoms with E-state index in [2.05, 4.69) is 11.4 Å². The fourth-order valence-electron chi connectivity index (χ4n) is 4.16. The van der Waals surface area contributed by atoms with Gasteiger partial charge in [0.05, 0.1) is 5.56 Å². The van der Waals surface area contributed by atoms with E-state index in [-0.39, 0.29) is 11.9 Å². The molecule has 0 radical (unpaired) electrons. The van der Waals surface area contributed by atoms with Crippen molar-refractivity contribution in [3.63, 3.8) is 0 Å². The molecule has 1 unspecified atom stereocenters. The van der Waals surface area contributed by atoms with Gasteiger partial charge in [0.15, 0.2) is 0 Å². The zero-order valence-electron chi connectivity index (χ0n) is 16.2. The summed E-state index contributed by atoms with van der Waals surface area (Å²) in [5.41, 5.74) is 1.49. The number of rotatable bonds is 8. The van der Waals surface area contributed by atoms with E-state index in [0.29, 0.717) is 25.1 Å². The number of allylic oxidation sites excluding steroid dienone is 1. The number of hydrogen-bond acceptors (Lipinski definition) is 2. The van der Waals surface area contributed by atoms with Crippen molar-refractivity contribution in [2.45, 2.75) is 70.1 Å². The van der Waals surface area contributed by atoms with Crippen LogP contribution >= 0.6 is 0 Å². The Hall–Kier alpha value is -1.82. The molecule has 1 aliphatic heterocycles. The van der Waals surface area contributed by atoms with Crippen LogP contribution in [0.1, 0.15) is 62.5 Å². The highest BCUT2D eigenvalue weighted by Crippen LogP contribution is 2.29. The van der Waals surface area contributed by atoms with E-state index in [0.717, 1.165) is 44.7 Å². The predicted molar refractivity (Wildman–Crippen MR) is 104 cm³/mol. The molecule has 1 aliphatic carbocycles. The van der Waals surface area contributed by atoms with Gasteiger partial charge in [-0.1, -0.05) is 29.8 Å². The highest BCUT2D eigenvalue weighted by Gasteiger charge is 2.31. The highest BCUT2D eigenvalue weighted by atomic mass is 19.4. The second kappa shape index (κ2) is 9.59. The van der Waals surface area contributed by atoms with Gasteiger partial charge in [-0.15, -0.1) is 0 Å². The number of amides is 1. The Morgan fingerprint density at radius 3 is 2.79 bits per heavy atom. The topological polar surface area (TPSA) is 32.3 Å². The minimum Gasteiger partial charge on any atom is -0.339 e. The Morgan fingerprint density at radius 2 is 2.04 bits per heavy atom. The van der Waals surface area contributed by atoms with Crippen LogP contribution in [0.2, 0.25) is 0 Å². The number of nitrogens with zero attached hydrogens (tertiary/aromatic N) is 1. The molecule has 6 heteroatoms. The number of halogens is 3. The molecule has 0 saturated carbocycles. The number of nitrogens with one attached hydrogen (secondary N) is 1. The van der Waals surface area contributed by atoms with Gasteiger partial charge >= 0.3 is 6.18 Å². The quantitative estimate of drug-likeness (QED) is 0.493. The second-order valence-corrected chi connectivity index (χ2v) is 7.80. The van der Waals surface area contributed by atoms with E-state index in [1.165, 1.54) is 30.5 Å². The molecule has 1 aromatic rings. The van der Waals surface area contributed by atoms with Crippen molar-refractivity contribution < 1.29 is 18.0 Å². The summed E-state index contributed by atoms with van der Waals surface area (Å²) in [6, 6.07) is 5.66. The summed E-state index contributed by atoms with van der Waals surface area (Å²) in [6.45, 7) is 1.88. The van der Waals surface area contributed by atoms with Gasteiger partial charge in [0.25, 0.3) is 0 Å². The smallest absolute Gasteiger partial charge is 0.339 e. The summed E-state index contributed by atoms with van der Waals surface area (Å²) in [5.74, 6) is 0.235. The van der Waals surface area contributed by atoms with Crippen molar-refractivity contribution in [1.82, 2.24) is 10.2 Å². The van der Waals surface area contributed by atoms with E-state index >= 15 is 0 Å². The molecule has 28 heavy (non-hydrogen) atoms. The van der Waals surface area contributed by atoms with Crippen LogP contribution in [0.5, 0.6) is 0 Å². The molecule has 0 spiro atoms. The maximum Gasteiger partial charge on any atom is 0.416 e. The minimum absolute atomic E-state index is 0.235. The molecule has 154 valence electrons. The molecule has 0 bridgehead atoms. The van der Waals surface area contributed by atoms with Crippen molar-refractivity contribution in [1.29, 1.82) is 0 Å². The number of likely N-dealkylation sites (tertiary alicyclic amines) is 1. The molecule has 1 atom stereocenters. The molecule has 1 fully saturated rings. The van der Waals surface area contributed by atoms with Crippen molar-refractivity contribution in [3.05, 3.63) is 47.0 Å². The van der Waals surface area contributed by atoms with E-state index in [9.17, 15) is 18.0 Å². The first-order valence-electron chi connectivity index (χ1n) is 10.3. The van der Waals surface area contributed by atoms with Crippen LogP contribution in [0, 0.1) is 0 Å². The molecule has 1 saturated heterocycles. The zero-order chi connectivity index (χ0) is 20.0. The molecule has 0 aromatic heterocycles. The largest absolute Gasteiger partial charge is 0.416 e. The third kappa shape index (κ3) is 5.84. The lowest BCUT2D eigenvalue weighted by atomic mass is 9.97. The van der Waals surface area contributed by atoms with Gasteiger partial charge in [-0.05, 0) is 63.1 Å². The van der Waals surface area contributed by atoms with Crippen LogP contribution in [-0.4, -0.2) is 29.9 Å². The standard InChI is InChI=1S/C22H29F3N2O/c23-22(24,25)19-8-4-7-18(15-19)16-26-13-11-20-9-10-21(28)27(20)14-12-17-5-2-1-3-6-17/h4-5,7-8,15,20,26H,1-3,6,9-14,16H2. The Bertz CT molecular complexity index is 699. The summed E-state index contributed by atoms with van der Waals surface area (Å²) >= 11 is 0. The minimum atomic E-state index is -4.31. The molecule has 1 heterocycles.